The Hall–Kier alpha value is -2.28. The Morgan fingerprint density at radius 2 is 2.32 bits per heavy atom. The lowest BCUT2D eigenvalue weighted by molar-refractivity contribution is -0.124. The molecule has 1 aliphatic heterocycles. The molecule has 7 heteroatoms. The molecule has 1 unspecified atom stereocenters. The fraction of sp³-hybridized carbons (Fsp3) is 0.267. The van der Waals surface area contributed by atoms with Crippen LogP contribution in [0, 0.1) is 0 Å². The van der Waals surface area contributed by atoms with Crippen molar-refractivity contribution >= 4 is 29.3 Å². The van der Waals surface area contributed by atoms with Crippen LogP contribution in [-0.2, 0) is 16.1 Å². The maximum Gasteiger partial charge on any atom is 0.240 e. The monoisotopic (exact) mass is 317 g/mol. The number of hydrogen-bond acceptors (Lipinski definition) is 5. The maximum atomic E-state index is 12.3. The first kappa shape index (κ1) is 14.6. The highest BCUT2D eigenvalue weighted by molar-refractivity contribution is 8.00. The van der Waals surface area contributed by atoms with Gasteiger partial charge in [-0.3, -0.25) is 9.59 Å². The molecule has 3 rings (SSSR count). The average molecular weight is 317 g/mol. The Morgan fingerprint density at radius 1 is 1.45 bits per heavy atom. The molecule has 3 heterocycles. The summed E-state index contributed by atoms with van der Waals surface area (Å²) < 4.78 is 5.15. The van der Waals surface area contributed by atoms with Gasteiger partial charge in [0.2, 0.25) is 11.8 Å². The van der Waals surface area contributed by atoms with Gasteiger partial charge in [0.05, 0.1) is 23.7 Å². The van der Waals surface area contributed by atoms with E-state index < -0.39 is 5.25 Å². The van der Waals surface area contributed by atoms with E-state index in [1.807, 2.05) is 6.07 Å². The van der Waals surface area contributed by atoms with Crippen molar-refractivity contribution in [2.45, 2.75) is 23.2 Å². The van der Waals surface area contributed by atoms with Crippen LogP contribution < -0.4 is 10.2 Å². The van der Waals surface area contributed by atoms with Crippen LogP contribution in [0.1, 0.15) is 12.2 Å². The SMILES string of the molecule is CN1C(=O)C(CC(=O)NCc2ccco2)Sc2ncccc21. The average Bonchev–Trinajstić information content (AvgIpc) is 3.04. The van der Waals surface area contributed by atoms with Crippen molar-refractivity contribution in [2.24, 2.45) is 0 Å². The van der Waals surface area contributed by atoms with E-state index in [0.29, 0.717) is 12.3 Å². The molecular formula is C15H15N3O3S. The summed E-state index contributed by atoms with van der Waals surface area (Å²) in [6.07, 6.45) is 3.35. The molecule has 22 heavy (non-hydrogen) atoms. The number of thioether (sulfide) groups is 1. The fourth-order valence-corrected chi connectivity index (χ4v) is 3.43. The van der Waals surface area contributed by atoms with Crippen LogP contribution in [0.15, 0.2) is 46.2 Å². The predicted molar refractivity (Wildman–Crippen MR) is 82.5 cm³/mol. The number of carbonyl (C=O) groups is 2. The van der Waals surface area contributed by atoms with Gasteiger partial charge in [0.1, 0.15) is 10.8 Å². The lowest BCUT2D eigenvalue weighted by atomic mass is 10.2. The van der Waals surface area contributed by atoms with Gasteiger partial charge in [-0.15, -0.1) is 0 Å². The van der Waals surface area contributed by atoms with Crippen LogP contribution in [0.4, 0.5) is 5.69 Å². The summed E-state index contributed by atoms with van der Waals surface area (Å²) in [7, 11) is 1.70. The number of hydrogen-bond donors (Lipinski definition) is 1. The van der Waals surface area contributed by atoms with Crippen molar-refractivity contribution < 1.29 is 14.0 Å². The third-order valence-electron chi connectivity index (χ3n) is 3.38. The summed E-state index contributed by atoms with van der Waals surface area (Å²) in [6.45, 7) is 0.322. The van der Waals surface area contributed by atoms with Crippen molar-refractivity contribution in [3.05, 3.63) is 42.5 Å². The van der Waals surface area contributed by atoms with Gasteiger partial charge >= 0.3 is 0 Å². The second-order valence-corrected chi connectivity index (χ2v) is 6.08. The third-order valence-corrected chi connectivity index (χ3v) is 4.57. The molecule has 0 radical (unpaired) electrons. The van der Waals surface area contributed by atoms with Crippen LogP contribution in [0.25, 0.3) is 0 Å². The van der Waals surface area contributed by atoms with Gasteiger partial charge in [-0.1, -0.05) is 11.8 Å². The minimum Gasteiger partial charge on any atom is -0.467 e. The molecule has 0 bridgehead atoms. The number of aromatic nitrogens is 1. The van der Waals surface area contributed by atoms with Crippen molar-refractivity contribution in [3.63, 3.8) is 0 Å². The molecule has 1 N–H and O–H groups in total. The number of carbonyl (C=O) groups excluding carboxylic acids is 2. The van der Waals surface area contributed by atoms with E-state index in [0.717, 1.165) is 10.7 Å². The molecular weight excluding hydrogens is 302 g/mol. The molecule has 2 amide bonds. The Balaban J connectivity index is 1.63. The third kappa shape index (κ3) is 2.99. The molecule has 1 atom stereocenters. The molecule has 1 aliphatic rings. The van der Waals surface area contributed by atoms with E-state index in [4.69, 9.17) is 4.42 Å². The van der Waals surface area contributed by atoms with Crippen molar-refractivity contribution in [3.8, 4) is 0 Å². The molecule has 0 spiro atoms. The van der Waals surface area contributed by atoms with Gasteiger partial charge in [0.15, 0.2) is 0 Å². The van der Waals surface area contributed by atoms with E-state index in [9.17, 15) is 9.59 Å². The minimum atomic E-state index is -0.455. The number of pyridine rings is 1. The number of nitrogens with zero attached hydrogens (tertiary/aromatic N) is 2. The molecule has 0 saturated carbocycles. The summed E-state index contributed by atoms with van der Waals surface area (Å²) in [6, 6.07) is 7.19. The quantitative estimate of drug-likeness (QED) is 0.931. The molecule has 0 fully saturated rings. The van der Waals surface area contributed by atoms with Crippen molar-refractivity contribution in [1.29, 1.82) is 0 Å². The first-order chi connectivity index (χ1) is 10.6. The lowest BCUT2D eigenvalue weighted by Gasteiger charge is -2.29. The summed E-state index contributed by atoms with van der Waals surface area (Å²) in [4.78, 5) is 30.2. The highest BCUT2D eigenvalue weighted by atomic mass is 32.2. The largest absolute Gasteiger partial charge is 0.467 e. The van der Waals surface area contributed by atoms with Crippen molar-refractivity contribution in [2.75, 3.05) is 11.9 Å². The van der Waals surface area contributed by atoms with Crippen LogP contribution in [-0.4, -0.2) is 29.1 Å². The standard InChI is InChI=1S/C15H15N3O3S/c1-18-11-5-2-6-16-14(11)22-12(15(18)20)8-13(19)17-9-10-4-3-7-21-10/h2-7,12H,8-9H2,1H3,(H,17,19). The van der Waals surface area contributed by atoms with E-state index in [1.54, 1.807) is 42.6 Å². The van der Waals surface area contributed by atoms with Gasteiger partial charge in [-0.05, 0) is 24.3 Å². The predicted octanol–water partition coefficient (Wildman–Crippen LogP) is 1.82. The number of nitrogens with one attached hydrogen (secondary N) is 1. The first-order valence-electron chi connectivity index (χ1n) is 6.83. The van der Waals surface area contributed by atoms with Gasteiger partial charge in [0.25, 0.3) is 0 Å². The van der Waals surface area contributed by atoms with Gasteiger partial charge in [-0.2, -0.15) is 0 Å². The molecule has 2 aromatic heterocycles. The van der Waals surface area contributed by atoms with Crippen LogP contribution >= 0.6 is 11.8 Å². The molecule has 0 aliphatic carbocycles. The Labute approximate surface area is 131 Å². The fourth-order valence-electron chi connectivity index (χ4n) is 2.22. The number of fused-ring (bicyclic) bond motifs is 1. The summed E-state index contributed by atoms with van der Waals surface area (Å²) in [5.41, 5.74) is 0.782. The Kier molecular flexibility index (Phi) is 4.15. The number of rotatable bonds is 4. The van der Waals surface area contributed by atoms with E-state index in [1.165, 1.54) is 11.8 Å². The topological polar surface area (TPSA) is 75.4 Å². The zero-order valence-electron chi connectivity index (χ0n) is 12.0. The number of amides is 2. The van der Waals surface area contributed by atoms with Crippen LogP contribution in [0.5, 0.6) is 0 Å². The summed E-state index contributed by atoms with van der Waals surface area (Å²) in [5.74, 6) is 0.411. The normalized spacial score (nSPS) is 17.2. The zero-order chi connectivity index (χ0) is 15.5. The number of furan rings is 1. The van der Waals surface area contributed by atoms with Gasteiger partial charge < -0.3 is 14.6 Å². The second kappa shape index (κ2) is 6.23. The zero-order valence-corrected chi connectivity index (χ0v) is 12.8. The summed E-state index contributed by atoms with van der Waals surface area (Å²) in [5, 5.41) is 3.07. The Bertz CT molecular complexity index is 687. The van der Waals surface area contributed by atoms with E-state index in [-0.39, 0.29) is 18.2 Å². The molecule has 0 aromatic carbocycles. The van der Waals surface area contributed by atoms with E-state index >= 15 is 0 Å². The maximum absolute atomic E-state index is 12.3. The number of anilines is 1. The van der Waals surface area contributed by atoms with Gasteiger partial charge in [-0.25, -0.2) is 4.98 Å². The molecule has 2 aromatic rings. The molecule has 6 nitrogen and oxygen atoms in total. The first-order valence-corrected chi connectivity index (χ1v) is 7.71. The van der Waals surface area contributed by atoms with Crippen molar-refractivity contribution in [1.82, 2.24) is 10.3 Å². The van der Waals surface area contributed by atoms with Crippen LogP contribution in [0.3, 0.4) is 0 Å². The van der Waals surface area contributed by atoms with E-state index in [2.05, 4.69) is 10.3 Å². The van der Waals surface area contributed by atoms with Crippen LogP contribution in [0.2, 0.25) is 0 Å². The Morgan fingerprint density at radius 3 is 3.09 bits per heavy atom. The molecule has 0 saturated heterocycles. The highest BCUT2D eigenvalue weighted by Gasteiger charge is 2.33. The summed E-state index contributed by atoms with van der Waals surface area (Å²) >= 11 is 1.33. The minimum absolute atomic E-state index is 0.0846. The highest BCUT2D eigenvalue weighted by Crippen LogP contribution is 2.37. The second-order valence-electron chi connectivity index (χ2n) is 4.89. The smallest absolute Gasteiger partial charge is 0.240 e. The molecule has 114 valence electrons. The lowest BCUT2D eigenvalue weighted by Crippen LogP contribution is -2.41. The van der Waals surface area contributed by atoms with Gasteiger partial charge in [0, 0.05) is 19.7 Å².